The van der Waals surface area contributed by atoms with Crippen LogP contribution in [0.2, 0.25) is 0 Å². The van der Waals surface area contributed by atoms with Gasteiger partial charge in [-0.2, -0.15) is 13.2 Å². The van der Waals surface area contributed by atoms with E-state index in [1.165, 1.54) is 17.0 Å². The van der Waals surface area contributed by atoms with Crippen LogP contribution >= 0.6 is 11.3 Å². The summed E-state index contributed by atoms with van der Waals surface area (Å²) in [5.41, 5.74) is 0.00516. The Balaban J connectivity index is 1.04. The van der Waals surface area contributed by atoms with Crippen molar-refractivity contribution >= 4 is 34.2 Å². The van der Waals surface area contributed by atoms with Crippen LogP contribution in [0.25, 0.3) is 21.6 Å². The number of carbonyl (C=O) groups excluding carboxylic acids is 2. The van der Waals surface area contributed by atoms with Crippen LogP contribution in [-0.4, -0.2) is 82.6 Å². The number of halogens is 3. The van der Waals surface area contributed by atoms with Gasteiger partial charge in [-0.3, -0.25) is 23.9 Å². The van der Waals surface area contributed by atoms with Crippen molar-refractivity contribution in [2.24, 2.45) is 5.92 Å². The predicted molar refractivity (Wildman–Crippen MR) is 189 cm³/mol. The number of hydrogen-bond acceptors (Lipinski definition) is 8. The zero-order valence-electron chi connectivity index (χ0n) is 28.7. The zero-order chi connectivity index (χ0) is 36.8. The van der Waals surface area contributed by atoms with E-state index in [0.717, 1.165) is 29.2 Å². The molecule has 0 radical (unpaired) electrons. The fourth-order valence-corrected chi connectivity index (χ4v) is 8.37. The highest BCUT2D eigenvalue weighted by Gasteiger charge is 2.42. The number of benzene rings is 1. The van der Waals surface area contributed by atoms with Crippen molar-refractivity contribution in [3.63, 3.8) is 0 Å². The van der Waals surface area contributed by atoms with Crippen molar-refractivity contribution < 1.29 is 27.9 Å². The number of hydrogen-bond donors (Lipinski definition) is 1. The fraction of sp³-hybridized carbons (Fsp3) is 0.405. The van der Waals surface area contributed by atoms with Gasteiger partial charge in [0.15, 0.2) is 0 Å². The lowest BCUT2D eigenvalue weighted by molar-refractivity contribution is -0.142. The van der Waals surface area contributed by atoms with Crippen LogP contribution in [0.5, 0.6) is 0 Å². The van der Waals surface area contributed by atoms with Crippen molar-refractivity contribution in [2.75, 3.05) is 26.2 Å². The predicted octanol–water partition coefficient (Wildman–Crippen LogP) is 5.36. The highest BCUT2D eigenvalue weighted by Crippen LogP contribution is 2.38. The minimum absolute atomic E-state index is 0.0322. The van der Waals surface area contributed by atoms with Crippen molar-refractivity contribution in [1.82, 2.24) is 33.9 Å². The average Bonchev–Trinajstić information content (AvgIpc) is 3.76. The third kappa shape index (κ3) is 6.86. The number of aromatic nitrogens is 5. The van der Waals surface area contributed by atoms with Crippen LogP contribution in [0, 0.1) is 12.8 Å². The molecule has 2 aliphatic rings. The molecule has 4 aromatic heterocycles. The molecule has 0 saturated carbocycles. The quantitative estimate of drug-likeness (QED) is 0.239. The van der Waals surface area contributed by atoms with Gasteiger partial charge in [-0.15, -0.1) is 11.3 Å². The number of rotatable bonds is 7. The molecule has 15 heteroatoms. The van der Waals surface area contributed by atoms with Crippen molar-refractivity contribution in [2.45, 2.75) is 63.9 Å². The second-order valence-corrected chi connectivity index (χ2v) is 14.6. The summed E-state index contributed by atoms with van der Waals surface area (Å²) in [4.78, 5) is 57.6. The number of aryl methyl sites for hydroxylation is 2. The molecule has 272 valence electrons. The van der Waals surface area contributed by atoms with Crippen LogP contribution < -0.4 is 5.56 Å². The number of nitrogens with zero attached hydrogens (tertiary/aromatic N) is 7. The maximum atomic E-state index is 14.2. The normalized spacial score (nSPS) is 19.3. The fourth-order valence-electron chi connectivity index (χ4n) is 7.35. The van der Waals surface area contributed by atoms with Gasteiger partial charge in [0, 0.05) is 62.5 Å². The Morgan fingerprint density at radius 3 is 2.42 bits per heavy atom. The third-order valence-corrected chi connectivity index (χ3v) is 11.5. The van der Waals surface area contributed by atoms with Crippen LogP contribution in [-0.2, 0) is 24.1 Å². The molecule has 2 amide bonds. The highest BCUT2D eigenvalue weighted by atomic mass is 32.1. The van der Waals surface area contributed by atoms with E-state index < -0.39 is 23.4 Å². The number of thiazole rings is 1. The summed E-state index contributed by atoms with van der Waals surface area (Å²) in [5, 5.41) is 12.4. The van der Waals surface area contributed by atoms with Crippen LogP contribution in [0.4, 0.5) is 13.2 Å². The van der Waals surface area contributed by atoms with Crippen molar-refractivity contribution in [1.29, 1.82) is 0 Å². The van der Waals surface area contributed by atoms with E-state index in [1.54, 1.807) is 22.8 Å². The van der Waals surface area contributed by atoms with Gasteiger partial charge in [0.1, 0.15) is 27.6 Å². The van der Waals surface area contributed by atoms with E-state index in [2.05, 4.69) is 15.0 Å². The number of aliphatic hydroxyl groups is 1. The minimum atomic E-state index is -4.56. The van der Waals surface area contributed by atoms with Gasteiger partial charge in [0.2, 0.25) is 5.91 Å². The largest absolute Gasteiger partial charge is 0.433 e. The molecule has 1 N–H and O–H groups in total. The maximum absolute atomic E-state index is 14.2. The molecule has 0 bridgehead atoms. The maximum Gasteiger partial charge on any atom is 0.433 e. The van der Waals surface area contributed by atoms with E-state index in [0.29, 0.717) is 84.2 Å². The molecular weight excluding hydrogens is 696 g/mol. The number of alkyl halides is 3. The van der Waals surface area contributed by atoms with Crippen molar-refractivity contribution in [3.05, 3.63) is 99.4 Å². The smallest absolute Gasteiger partial charge is 0.388 e. The molecule has 7 rings (SSSR count). The Labute approximate surface area is 301 Å². The Hall–Kier alpha value is -4.89. The average molecular weight is 734 g/mol. The number of piperidine rings is 2. The molecule has 0 spiro atoms. The second kappa shape index (κ2) is 13.9. The Kier molecular flexibility index (Phi) is 9.50. The van der Waals surface area contributed by atoms with Gasteiger partial charge >= 0.3 is 6.18 Å². The summed E-state index contributed by atoms with van der Waals surface area (Å²) in [7, 11) is 0. The number of likely N-dealkylation sites (tertiary alicyclic amines) is 2. The molecule has 2 fully saturated rings. The molecular formula is C37H38F3N7O4S. The molecule has 52 heavy (non-hydrogen) atoms. The summed E-state index contributed by atoms with van der Waals surface area (Å²) in [5.74, 6) is -0.961. The van der Waals surface area contributed by atoms with Gasteiger partial charge in [0.05, 0.1) is 23.2 Å². The molecule has 0 aliphatic carbocycles. The first-order chi connectivity index (χ1) is 24.8. The topological polar surface area (TPSA) is 126 Å². The third-order valence-electron chi connectivity index (χ3n) is 10.3. The van der Waals surface area contributed by atoms with Crippen molar-refractivity contribution in [3.8, 4) is 10.6 Å². The molecule has 2 atom stereocenters. The van der Waals surface area contributed by atoms with E-state index in [4.69, 9.17) is 0 Å². The molecule has 1 aromatic carbocycles. The summed E-state index contributed by atoms with van der Waals surface area (Å²) in [6.07, 6.45) is 0.884. The number of pyridine rings is 1. The monoisotopic (exact) mass is 733 g/mol. The van der Waals surface area contributed by atoms with E-state index >= 15 is 0 Å². The van der Waals surface area contributed by atoms with Gasteiger partial charge in [-0.05, 0) is 56.9 Å². The molecule has 6 heterocycles. The van der Waals surface area contributed by atoms with Crippen LogP contribution in [0.1, 0.15) is 58.7 Å². The molecule has 2 aliphatic heterocycles. The molecule has 2 saturated heterocycles. The molecule has 0 unspecified atom stereocenters. The molecule has 11 nitrogen and oxygen atoms in total. The first-order valence-electron chi connectivity index (χ1n) is 17.3. The lowest BCUT2D eigenvalue weighted by Gasteiger charge is -2.43. The highest BCUT2D eigenvalue weighted by molar-refractivity contribution is 7.17. The standard InChI is InChI=1S/C37H38F3N7O4S/c1-3-44-15-12-27-31(44)42-22-47(34(27)49)21-36(51)13-17-45(18-14-36)33(48)26-11-16-46(20-28(26)24-7-5-4-6-8-24)35(50)30-23(2)43-32(52-30)25-9-10-29(41-19-25)37(38,39)40/h4-10,12,15,19,22,26,28,51H,3,11,13-14,16-18,20-21H2,1-2H3/t26-,28+/m1/s1. The van der Waals surface area contributed by atoms with E-state index in [1.807, 2.05) is 48.0 Å². The number of fused-ring (bicyclic) bond motifs is 1. The first-order valence-corrected chi connectivity index (χ1v) is 18.1. The Bertz CT molecular complexity index is 2160. The summed E-state index contributed by atoms with van der Waals surface area (Å²) < 4.78 is 42.4. The summed E-state index contributed by atoms with van der Waals surface area (Å²) in [6.45, 7) is 5.73. The van der Waals surface area contributed by atoms with Crippen LogP contribution in [0.3, 0.4) is 0 Å². The van der Waals surface area contributed by atoms with Gasteiger partial charge in [0.25, 0.3) is 11.5 Å². The Morgan fingerprint density at radius 1 is 1.00 bits per heavy atom. The zero-order valence-corrected chi connectivity index (χ0v) is 29.5. The van der Waals surface area contributed by atoms with Gasteiger partial charge in [-0.1, -0.05) is 30.3 Å². The number of amides is 2. The van der Waals surface area contributed by atoms with E-state index in [-0.39, 0.29) is 29.8 Å². The number of carbonyl (C=O) groups is 2. The lowest BCUT2D eigenvalue weighted by atomic mass is 9.79. The summed E-state index contributed by atoms with van der Waals surface area (Å²) >= 11 is 1.11. The first kappa shape index (κ1) is 35.5. The molecule has 5 aromatic rings. The van der Waals surface area contributed by atoms with Gasteiger partial charge in [-0.25, -0.2) is 9.97 Å². The summed E-state index contributed by atoms with van der Waals surface area (Å²) in [6, 6.07) is 13.6. The Morgan fingerprint density at radius 2 is 1.75 bits per heavy atom. The minimum Gasteiger partial charge on any atom is -0.388 e. The van der Waals surface area contributed by atoms with E-state index in [9.17, 15) is 32.7 Å². The van der Waals surface area contributed by atoms with Crippen LogP contribution in [0.15, 0.2) is 72.0 Å². The second-order valence-electron chi connectivity index (χ2n) is 13.6. The SMILES string of the molecule is CCn1ccc2c(=O)n(CC3(O)CCN(C(=O)[C@@H]4CCN(C(=O)c5sc(-c6ccc(C(F)(F)F)nc6)nc5C)C[C@H]4c4ccccc4)CC3)cnc21. The lowest BCUT2D eigenvalue weighted by Crippen LogP contribution is -2.53. The van der Waals surface area contributed by atoms with Gasteiger partial charge < -0.3 is 19.5 Å².